The third kappa shape index (κ3) is 4.00. The second-order valence-electron chi connectivity index (χ2n) is 4.70. The Labute approximate surface area is 109 Å². The van der Waals surface area contributed by atoms with Gasteiger partial charge in [-0.15, -0.1) is 0 Å². The first-order chi connectivity index (χ1) is 8.60. The van der Waals surface area contributed by atoms with Crippen LogP contribution in [0.1, 0.15) is 36.5 Å². The maximum absolute atomic E-state index is 9.38. The zero-order chi connectivity index (χ0) is 13.5. The molecule has 1 aromatic carbocycles. The lowest BCUT2D eigenvalue weighted by atomic mass is 9.97. The van der Waals surface area contributed by atoms with Gasteiger partial charge >= 0.3 is 0 Å². The normalized spacial score (nSPS) is 12.5. The van der Waals surface area contributed by atoms with Crippen molar-refractivity contribution in [2.45, 2.75) is 46.1 Å². The fourth-order valence-corrected chi connectivity index (χ4v) is 1.90. The molecule has 102 valence electrons. The van der Waals surface area contributed by atoms with Crippen LogP contribution in [-0.4, -0.2) is 29.5 Å². The summed E-state index contributed by atoms with van der Waals surface area (Å²) < 4.78 is 5.68. The van der Waals surface area contributed by atoms with Gasteiger partial charge in [0.1, 0.15) is 5.75 Å². The lowest BCUT2D eigenvalue weighted by Crippen LogP contribution is -2.13. The largest absolute Gasteiger partial charge is 0.493 e. The molecule has 1 atom stereocenters. The summed E-state index contributed by atoms with van der Waals surface area (Å²) in [5.41, 5.74) is 3.59. The molecule has 1 unspecified atom stereocenters. The van der Waals surface area contributed by atoms with Gasteiger partial charge in [0.25, 0.3) is 0 Å². The van der Waals surface area contributed by atoms with E-state index >= 15 is 0 Å². The van der Waals surface area contributed by atoms with Crippen LogP contribution in [0.3, 0.4) is 0 Å². The van der Waals surface area contributed by atoms with Gasteiger partial charge in [0.2, 0.25) is 0 Å². The maximum Gasteiger partial charge on any atom is 0.122 e. The Hall–Kier alpha value is -1.06. The van der Waals surface area contributed by atoms with Crippen molar-refractivity contribution in [3.05, 3.63) is 28.8 Å². The van der Waals surface area contributed by atoms with Gasteiger partial charge in [-0.3, -0.25) is 0 Å². The first kappa shape index (κ1) is 15.0. The number of hydrogen-bond donors (Lipinski definition) is 2. The van der Waals surface area contributed by atoms with Gasteiger partial charge in [-0.05, 0) is 55.9 Å². The summed E-state index contributed by atoms with van der Waals surface area (Å²) in [7, 11) is 0. The van der Waals surface area contributed by atoms with Crippen molar-refractivity contribution in [1.82, 2.24) is 0 Å². The van der Waals surface area contributed by atoms with Crippen LogP contribution in [0.5, 0.6) is 5.75 Å². The first-order valence-electron chi connectivity index (χ1n) is 6.61. The molecule has 0 aliphatic carbocycles. The second-order valence-corrected chi connectivity index (χ2v) is 4.70. The summed E-state index contributed by atoms with van der Waals surface area (Å²) in [6.45, 7) is 6.80. The van der Waals surface area contributed by atoms with Crippen molar-refractivity contribution < 1.29 is 14.9 Å². The zero-order valence-corrected chi connectivity index (χ0v) is 11.6. The van der Waals surface area contributed by atoms with Gasteiger partial charge in [0, 0.05) is 0 Å². The van der Waals surface area contributed by atoms with Crippen LogP contribution in [0.15, 0.2) is 12.1 Å². The zero-order valence-electron chi connectivity index (χ0n) is 11.6. The number of ether oxygens (including phenoxy) is 1. The van der Waals surface area contributed by atoms with E-state index in [4.69, 9.17) is 9.84 Å². The molecule has 0 spiro atoms. The molecule has 0 heterocycles. The van der Waals surface area contributed by atoms with Crippen molar-refractivity contribution in [3.8, 4) is 5.75 Å². The van der Waals surface area contributed by atoms with Crippen LogP contribution in [0, 0.1) is 13.8 Å². The van der Waals surface area contributed by atoms with E-state index in [1.54, 1.807) is 0 Å². The summed E-state index contributed by atoms with van der Waals surface area (Å²) in [5, 5.41) is 18.2. The van der Waals surface area contributed by atoms with Crippen molar-refractivity contribution >= 4 is 0 Å². The first-order valence-corrected chi connectivity index (χ1v) is 6.61. The number of aliphatic hydroxyl groups excluding tert-OH is 2. The highest BCUT2D eigenvalue weighted by Crippen LogP contribution is 2.25. The van der Waals surface area contributed by atoms with Crippen LogP contribution in [0.2, 0.25) is 0 Å². The van der Waals surface area contributed by atoms with E-state index in [1.807, 2.05) is 6.07 Å². The maximum atomic E-state index is 9.38. The molecule has 0 radical (unpaired) electrons. The summed E-state index contributed by atoms with van der Waals surface area (Å²) in [6.07, 6.45) is 1.75. The van der Waals surface area contributed by atoms with Crippen molar-refractivity contribution in [1.29, 1.82) is 0 Å². The summed E-state index contributed by atoms with van der Waals surface area (Å²) in [6, 6.07) is 4.05. The fourth-order valence-electron chi connectivity index (χ4n) is 1.90. The van der Waals surface area contributed by atoms with Gasteiger partial charge in [-0.1, -0.05) is 13.0 Å². The molecule has 18 heavy (non-hydrogen) atoms. The van der Waals surface area contributed by atoms with E-state index in [9.17, 15) is 5.11 Å². The van der Waals surface area contributed by atoms with E-state index in [1.165, 1.54) is 16.7 Å². The van der Waals surface area contributed by atoms with Crippen molar-refractivity contribution in [3.63, 3.8) is 0 Å². The quantitative estimate of drug-likeness (QED) is 0.783. The van der Waals surface area contributed by atoms with Crippen LogP contribution < -0.4 is 4.74 Å². The third-order valence-electron chi connectivity index (χ3n) is 3.27. The van der Waals surface area contributed by atoms with E-state index in [0.29, 0.717) is 6.42 Å². The molecular weight excluding hydrogens is 228 g/mol. The van der Waals surface area contributed by atoms with E-state index < -0.39 is 6.10 Å². The molecule has 0 saturated heterocycles. The van der Waals surface area contributed by atoms with Crippen LogP contribution in [0.25, 0.3) is 0 Å². The van der Waals surface area contributed by atoms with E-state index in [2.05, 4.69) is 26.8 Å². The average molecular weight is 252 g/mol. The second kappa shape index (κ2) is 7.39. The minimum absolute atomic E-state index is 0.171. The molecule has 0 amide bonds. The highest BCUT2D eigenvalue weighted by Gasteiger charge is 2.09. The highest BCUT2D eigenvalue weighted by molar-refractivity contribution is 5.43. The SMILES string of the molecule is CCCOc1ccc(CCC(O)CO)c(C)c1C. The molecule has 0 fully saturated rings. The monoisotopic (exact) mass is 252 g/mol. The van der Waals surface area contributed by atoms with Gasteiger partial charge in [-0.25, -0.2) is 0 Å². The molecule has 0 aromatic heterocycles. The summed E-state index contributed by atoms with van der Waals surface area (Å²) in [5.74, 6) is 0.945. The van der Waals surface area contributed by atoms with Crippen LogP contribution in [-0.2, 0) is 6.42 Å². The molecule has 0 saturated carbocycles. The highest BCUT2D eigenvalue weighted by atomic mass is 16.5. The number of aliphatic hydroxyl groups is 2. The van der Waals surface area contributed by atoms with Crippen molar-refractivity contribution in [2.24, 2.45) is 0 Å². The van der Waals surface area contributed by atoms with E-state index in [0.717, 1.165) is 25.2 Å². The van der Waals surface area contributed by atoms with Crippen molar-refractivity contribution in [2.75, 3.05) is 13.2 Å². The Morgan fingerprint density at radius 2 is 1.94 bits per heavy atom. The topological polar surface area (TPSA) is 49.7 Å². The lowest BCUT2D eigenvalue weighted by molar-refractivity contribution is 0.0885. The smallest absolute Gasteiger partial charge is 0.122 e. The minimum atomic E-state index is -0.624. The standard InChI is InChI=1S/C15H24O3/c1-4-9-18-15-8-6-13(11(2)12(15)3)5-7-14(17)10-16/h6,8,14,16-17H,4-5,7,9-10H2,1-3H3. The Morgan fingerprint density at radius 3 is 2.56 bits per heavy atom. The average Bonchev–Trinajstić information content (AvgIpc) is 2.39. The third-order valence-corrected chi connectivity index (χ3v) is 3.27. The molecule has 3 nitrogen and oxygen atoms in total. The molecule has 3 heteroatoms. The lowest BCUT2D eigenvalue weighted by Gasteiger charge is -2.15. The molecule has 0 aliphatic heterocycles. The van der Waals surface area contributed by atoms with Gasteiger partial charge in [-0.2, -0.15) is 0 Å². The molecular formula is C15H24O3. The van der Waals surface area contributed by atoms with Gasteiger partial charge < -0.3 is 14.9 Å². The van der Waals surface area contributed by atoms with Crippen LogP contribution >= 0.6 is 0 Å². The van der Waals surface area contributed by atoms with Gasteiger partial charge in [0.15, 0.2) is 0 Å². The Bertz CT molecular complexity index is 374. The van der Waals surface area contributed by atoms with E-state index in [-0.39, 0.29) is 6.61 Å². The van der Waals surface area contributed by atoms with Crippen LogP contribution in [0.4, 0.5) is 0 Å². The number of hydrogen-bond acceptors (Lipinski definition) is 3. The molecule has 1 rings (SSSR count). The Morgan fingerprint density at radius 1 is 1.22 bits per heavy atom. The number of rotatable bonds is 7. The molecule has 1 aromatic rings. The number of benzene rings is 1. The molecule has 0 aliphatic rings. The molecule has 0 bridgehead atoms. The Kier molecular flexibility index (Phi) is 6.16. The Balaban J connectivity index is 2.74. The van der Waals surface area contributed by atoms with Gasteiger partial charge in [0.05, 0.1) is 19.3 Å². The molecule has 2 N–H and O–H groups in total. The number of aryl methyl sites for hydroxylation is 1. The minimum Gasteiger partial charge on any atom is -0.493 e. The predicted molar refractivity (Wildman–Crippen MR) is 73.1 cm³/mol. The fraction of sp³-hybridized carbons (Fsp3) is 0.600. The summed E-state index contributed by atoms with van der Waals surface area (Å²) in [4.78, 5) is 0. The summed E-state index contributed by atoms with van der Waals surface area (Å²) >= 11 is 0. The predicted octanol–water partition coefficient (Wildman–Crippen LogP) is 2.38.